The number of carbonyl (C=O) groups is 2. The Morgan fingerprint density at radius 1 is 1.30 bits per heavy atom. The highest BCUT2D eigenvalue weighted by molar-refractivity contribution is 6.37. The number of benzene rings is 1. The van der Waals surface area contributed by atoms with E-state index in [1.54, 1.807) is 13.8 Å². The number of carboxylic acid groups (broad SMARTS) is 1. The maximum Gasteiger partial charge on any atom is 0.323 e. The Morgan fingerprint density at radius 3 is 2.15 bits per heavy atom. The molecule has 0 saturated carbocycles. The summed E-state index contributed by atoms with van der Waals surface area (Å²) in [5.74, 6) is -1.26. The zero-order chi connectivity index (χ0) is 15.4. The monoisotopic (exact) mass is 319 g/mol. The van der Waals surface area contributed by atoms with E-state index in [1.165, 1.54) is 24.1 Å². The number of carbonyl (C=O) groups excluding carboxylic acids is 1. The van der Waals surface area contributed by atoms with Gasteiger partial charge in [0.05, 0.1) is 17.2 Å². The lowest BCUT2D eigenvalue weighted by Crippen LogP contribution is -2.40. The Hall–Kier alpha value is -1.46. The molecule has 0 spiro atoms. The molecule has 0 aliphatic heterocycles. The van der Waals surface area contributed by atoms with Crippen LogP contribution in [0.1, 0.15) is 24.2 Å². The summed E-state index contributed by atoms with van der Waals surface area (Å²) < 4.78 is 5.00. The quantitative estimate of drug-likeness (QED) is 0.906. The van der Waals surface area contributed by atoms with Gasteiger partial charge >= 0.3 is 5.97 Å². The summed E-state index contributed by atoms with van der Waals surface area (Å²) in [6.07, 6.45) is 0. The highest BCUT2D eigenvalue weighted by Gasteiger charge is 2.23. The van der Waals surface area contributed by atoms with Gasteiger partial charge in [-0.15, -0.1) is 0 Å². The second-order valence-corrected chi connectivity index (χ2v) is 5.21. The van der Waals surface area contributed by atoms with Crippen LogP contribution >= 0.6 is 23.2 Å². The van der Waals surface area contributed by atoms with E-state index in [9.17, 15) is 9.59 Å². The SMILES string of the molecule is COc1c(Cl)cc(C(=O)N(CC(=O)O)C(C)C)cc1Cl. The van der Waals surface area contributed by atoms with Gasteiger partial charge in [-0.05, 0) is 26.0 Å². The van der Waals surface area contributed by atoms with Gasteiger partial charge in [0.2, 0.25) is 0 Å². The standard InChI is InChI=1S/C13H15Cl2NO4/c1-7(2)16(6-11(17)18)13(19)8-4-9(14)12(20-3)10(15)5-8/h4-5,7H,6H2,1-3H3,(H,17,18). The molecule has 0 radical (unpaired) electrons. The molecular weight excluding hydrogens is 305 g/mol. The lowest BCUT2D eigenvalue weighted by molar-refractivity contribution is -0.138. The molecule has 1 N–H and O–H groups in total. The molecule has 20 heavy (non-hydrogen) atoms. The zero-order valence-corrected chi connectivity index (χ0v) is 12.8. The van der Waals surface area contributed by atoms with Gasteiger partial charge in [0.1, 0.15) is 6.54 Å². The van der Waals surface area contributed by atoms with Crippen molar-refractivity contribution >= 4 is 35.1 Å². The van der Waals surface area contributed by atoms with Crippen LogP contribution in [0.5, 0.6) is 5.75 Å². The van der Waals surface area contributed by atoms with Gasteiger partial charge in [-0.1, -0.05) is 23.2 Å². The lowest BCUT2D eigenvalue weighted by Gasteiger charge is -2.25. The van der Waals surface area contributed by atoms with Crippen LogP contribution in [0, 0.1) is 0 Å². The minimum atomic E-state index is -1.09. The van der Waals surface area contributed by atoms with Crippen molar-refractivity contribution in [3.63, 3.8) is 0 Å². The maximum absolute atomic E-state index is 12.3. The number of amides is 1. The number of ether oxygens (including phenoxy) is 1. The van der Waals surface area contributed by atoms with Crippen LogP contribution in [0.4, 0.5) is 0 Å². The highest BCUT2D eigenvalue weighted by atomic mass is 35.5. The van der Waals surface area contributed by atoms with Crippen molar-refractivity contribution in [1.82, 2.24) is 4.90 Å². The molecule has 1 aromatic carbocycles. The van der Waals surface area contributed by atoms with E-state index in [2.05, 4.69) is 0 Å². The number of hydrogen-bond acceptors (Lipinski definition) is 3. The first-order chi connectivity index (χ1) is 9.27. The first-order valence-electron chi connectivity index (χ1n) is 5.83. The molecule has 1 amide bonds. The molecule has 1 aromatic rings. The molecule has 7 heteroatoms. The third-order valence-corrected chi connectivity index (χ3v) is 3.20. The van der Waals surface area contributed by atoms with Crippen molar-refractivity contribution in [2.75, 3.05) is 13.7 Å². The van der Waals surface area contributed by atoms with E-state index in [0.29, 0.717) is 0 Å². The largest absolute Gasteiger partial charge is 0.494 e. The van der Waals surface area contributed by atoms with Crippen LogP contribution in [0.3, 0.4) is 0 Å². The molecular formula is C13H15Cl2NO4. The van der Waals surface area contributed by atoms with E-state index in [1.807, 2.05) is 0 Å². The Morgan fingerprint density at radius 2 is 1.80 bits per heavy atom. The number of methoxy groups -OCH3 is 1. The third kappa shape index (κ3) is 3.77. The van der Waals surface area contributed by atoms with Gasteiger partial charge in [-0.2, -0.15) is 0 Å². The van der Waals surface area contributed by atoms with Crippen LogP contribution < -0.4 is 4.74 Å². The summed E-state index contributed by atoms with van der Waals surface area (Å²) in [6.45, 7) is 3.07. The molecule has 0 aliphatic carbocycles. The molecule has 0 unspecified atom stereocenters. The Labute approximate surface area is 127 Å². The molecule has 0 saturated heterocycles. The van der Waals surface area contributed by atoms with E-state index in [4.69, 9.17) is 33.0 Å². The van der Waals surface area contributed by atoms with E-state index >= 15 is 0 Å². The van der Waals surface area contributed by atoms with Gasteiger partial charge in [-0.25, -0.2) is 0 Å². The number of nitrogens with zero attached hydrogens (tertiary/aromatic N) is 1. The number of aliphatic carboxylic acids is 1. The topological polar surface area (TPSA) is 66.8 Å². The van der Waals surface area contributed by atoms with Crippen molar-refractivity contribution in [2.24, 2.45) is 0 Å². The summed E-state index contributed by atoms with van der Waals surface area (Å²) >= 11 is 11.9. The molecule has 110 valence electrons. The van der Waals surface area contributed by atoms with Crippen molar-refractivity contribution < 1.29 is 19.4 Å². The van der Waals surface area contributed by atoms with Gasteiger partial charge in [0.25, 0.3) is 5.91 Å². The predicted molar refractivity (Wildman–Crippen MR) is 76.8 cm³/mol. The van der Waals surface area contributed by atoms with Crippen molar-refractivity contribution in [2.45, 2.75) is 19.9 Å². The normalized spacial score (nSPS) is 10.5. The number of halogens is 2. The number of carboxylic acids is 1. The summed E-state index contributed by atoms with van der Waals surface area (Å²) in [6, 6.07) is 2.55. The van der Waals surface area contributed by atoms with Gasteiger partial charge in [-0.3, -0.25) is 9.59 Å². The lowest BCUT2D eigenvalue weighted by atomic mass is 10.1. The van der Waals surface area contributed by atoms with Crippen LogP contribution in [-0.4, -0.2) is 41.6 Å². The van der Waals surface area contributed by atoms with Crippen molar-refractivity contribution in [3.8, 4) is 5.75 Å². The zero-order valence-electron chi connectivity index (χ0n) is 11.3. The molecule has 5 nitrogen and oxygen atoms in total. The van der Waals surface area contributed by atoms with Crippen LogP contribution in [0.25, 0.3) is 0 Å². The van der Waals surface area contributed by atoms with Crippen molar-refractivity contribution in [3.05, 3.63) is 27.7 Å². The second-order valence-electron chi connectivity index (χ2n) is 4.39. The first-order valence-corrected chi connectivity index (χ1v) is 6.59. The van der Waals surface area contributed by atoms with E-state index < -0.39 is 18.4 Å². The molecule has 0 aromatic heterocycles. The summed E-state index contributed by atoms with van der Waals surface area (Å²) in [4.78, 5) is 24.4. The number of rotatable bonds is 5. The van der Waals surface area contributed by atoms with Gasteiger partial charge in [0.15, 0.2) is 5.75 Å². The van der Waals surface area contributed by atoms with Gasteiger partial charge in [0, 0.05) is 11.6 Å². The van der Waals surface area contributed by atoms with Crippen LogP contribution in [-0.2, 0) is 4.79 Å². The Bertz CT molecular complexity index is 508. The minimum Gasteiger partial charge on any atom is -0.494 e. The summed E-state index contributed by atoms with van der Waals surface area (Å²) in [5.41, 5.74) is 0.218. The molecule has 0 bridgehead atoms. The fraction of sp³-hybridized carbons (Fsp3) is 0.385. The van der Waals surface area contributed by atoms with Crippen molar-refractivity contribution in [1.29, 1.82) is 0 Å². The van der Waals surface area contributed by atoms with Crippen LogP contribution in [0.2, 0.25) is 10.0 Å². The third-order valence-electron chi connectivity index (χ3n) is 2.64. The summed E-state index contributed by atoms with van der Waals surface area (Å²) in [5, 5.41) is 9.25. The van der Waals surface area contributed by atoms with Crippen LogP contribution in [0.15, 0.2) is 12.1 Å². The average Bonchev–Trinajstić information content (AvgIpc) is 2.34. The molecule has 1 rings (SSSR count). The summed E-state index contributed by atoms with van der Waals surface area (Å²) in [7, 11) is 1.42. The minimum absolute atomic E-state index is 0.197. The average molecular weight is 320 g/mol. The fourth-order valence-corrected chi connectivity index (χ4v) is 2.32. The molecule has 0 aliphatic rings. The van der Waals surface area contributed by atoms with E-state index in [-0.39, 0.29) is 27.4 Å². The second kappa shape index (κ2) is 6.81. The Kier molecular flexibility index (Phi) is 5.65. The smallest absolute Gasteiger partial charge is 0.323 e. The first kappa shape index (κ1) is 16.6. The number of hydrogen-bond donors (Lipinski definition) is 1. The molecule has 0 fully saturated rings. The predicted octanol–water partition coefficient (Wildman–Crippen LogP) is 2.94. The van der Waals surface area contributed by atoms with E-state index in [0.717, 1.165) is 0 Å². The molecule has 0 heterocycles. The molecule has 0 atom stereocenters. The highest BCUT2D eigenvalue weighted by Crippen LogP contribution is 2.34. The van der Waals surface area contributed by atoms with Gasteiger partial charge < -0.3 is 14.7 Å². The Balaban J connectivity index is 3.15. The fourth-order valence-electron chi connectivity index (χ4n) is 1.68. The maximum atomic E-state index is 12.3.